The molecule has 3 amide bonds. The van der Waals surface area contributed by atoms with Gasteiger partial charge in [-0.2, -0.15) is 5.06 Å². The number of nitrogens with zero attached hydrogens (tertiary/aromatic N) is 2. The van der Waals surface area contributed by atoms with Crippen molar-refractivity contribution in [1.29, 1.82) is 0 Å². The standard InChI is InChI=1S/C13H12N2O5/c16-10-6-5-9(13(19)15(10)20)14-11(17)7-3-1-2-4-8(7)12(14)18/h1-4,9,13,19-20H,5-6H2. The van der Waals surface area contributed by atoms with E-state index in [1.807, 2.05) is 0 Å². The summed E-state index contributed by atoms with van der Waals surface area (Å²) < 4.78 is 0. The highest BCUT2D eigenvalue weighted by atomic mass is 16.5. The third-order valence-corrected chi connectivity index (χ3v) is 3.66. The number of aliphatic hydroxyl groups is 1. The first kappa shape index (κ1) is 12.8. The molecule has 2 unspecified atom stereocenters. The second kappa shape index (κ2) is 4.39. The normalized spacial score (nSPS) is 26.2. The van der Waals surface area contributed by atoms with Crippen molar-refractivity contribution in [3.63, 3.8) is 0 Å². The zero-order chi connectivity index (χ0) is 14.4. The summed E-state index contributed by atoms with van der Waals surface area (Å²) in [6.07, 6.45) is -1.51. The highest BCUT2D eigenvalue weighted by Gasteiger charge is 2.46. The quantitative estimate of drug-likeness (QED) is 0.555. The Kier molecular flexibility index (Phi) is 2.81. The van der Waals surface area contributed by atoms with Gasteiger partial charge in [-0.25, -0.2) is 0 Å². The Morgan fingerprint density at radius 3 is 2.15 bits per heavy atom. The van der Waals surface area contributed by atoms with E-state index in [9.17, 15) is 24.7 Å². The number of fused-ring (bicyclic) bond motifs is 1. The van der Waals surface area contributed by atoms with Crippen molar-refractivity contribution in [1.82, 2.24) is 9.96 Å². The molecule has 1 saturated heterocycles. The van der Waals surface area contributed by atoms with Crippen LogP contribution >= 0.6 is 0 Å². The summed E-state index contributed by atoms with van der Waals surface area (Å²) in [7, 11) is 0. The van der Waals surface area contributed by atoms with Crippen molar-refractivity contribution >= 4 is 17.7 Å². The lowest BCUT2D eigenvalue weighted by molar-refractivity contribution is -0.225. The second-order valence-corrected chi connectivity index (χ2v) is 4.78. The van der Waals surface area contributed by atoms with E-state index < -0.39 is 30.0 Å². The topological polar surface area (TPSA) is 98.2 Å². The van der Waals surface area contributed by atoms with Crippen molar-refractivity contribution in [3.05, 3.63) is 35.4 Å². The molecular formula is C13H12N2O5. The van der Waals surface area contributed by atoms with E-state index in [2.05, 4.69) is 0 Å². The number of carbonyl (C=O) groups is 3. The van der Waals surface area contributed by atoms with Gasteiger partial charge in [0.2, 0.25) is 5.91 Å². The van der Waals surface area contributed by atoms with E-state index in [1.165, 1.54) is 12.1 Å². The number of hydrogen-bond donors (Lipinski definition) is 2. The molecule has 0 aromatic heterocycles. The summed E-state index contributed by atoms with van der Waals surface area (Å²) in [6.45, 7) is 0. The average Bonchev–Trinajstić information content (AvgIpc) is 2.70. The van der Waals surface area contributed by atoms with Crippen LogP contribution < -0.4 is 0 Å². The molecule has 0 spiro atoms. The van der Waals surface area contributed by atoms with E-state index in [4.69, 9.17) is 0 Å². The molecule has 1 aromatic rings. The maximum Gasteiger partial charge on any atom is 0.261 e. The molecule has 1 fully saturated rings. The van der Waals surface area contributed by atoms with Gasteiger partial charge in [0, 0.05) is 6.42 Å². The molecule has 2 aliphatic rings. The number of hydrogen-bond acceptors (Lipinski definition) is 5. The number of amides is 3. The Balaban J connectivity index is 1.95. The summed E-state index contributed by atoms with van der Waals surface area (Å²) in [5.41, 5.74) is 0.539. The molecule has 1 aromatic carbocycles. The van der Waals surface area contributed by atoms with Gasteiger partial charge in [0.05, 0.1) is 17.2 Å². The van der Waals surface area contributed by atoms with Crippen molar-refractivity contribution in [2.75, 3.05) is 0 Å². The Bertz CT molecular complexity index is 580. The minimum Gasteiger partial charge on any atom is -0.369 e. The lowest BCUT2D eigenvalue weighted by Gasteiger charge is -2.37. The van der Waals surface area contributed by atoms with Gasteiger partial charge in [-0.3, -0.25) is 24.5 Å². The van der Waals surface area contributed by atoms with Crippen LogP contribution in [0.1, 0.15) is 33.6 Å². The van der Waals surface area contributed by atoms with Crippen LogP contribution in [-0.2, 0) is 4.79 Å². The smallest absolute Gasteiger partial charge is 0.261 e. The lowest BCUT2D eigenvalue weighted by atomic mass is 10.0. The second-order valence-electron chi connectivity index (χ2n) is 4.78. The van der Waals surface area contributed by atoms with Crippen LogP contribution in [0.25, 0.3) is 0 Å². The summed E-state index contributed by atoms with van der Waals surface area (Å²) in [5.74, 6) is -1.67. The summed E-state index contributed by atoms with van der Waals surface area (Å²) >= 11 is 0. The first-order valence-electron chi connectivity index (χ1n) is 6.18. The molecular weight excluding hydrogens is 264 g/mol. The zero-order valence-electron chi connectivity index (χ0n) is 10.4. The molecule has 7 heteroatoms. The molecule has 104 valence electrons. The van der Waals surface area contributed by atoms with Crippen molar-refractivity contribution in [2.24, 2.45) is 0 Å². The van der Waals surface area contributed by atoms with Gasteiger partial charge in [0.1, 0.15) is 0 Å². The van der Waals surface area contributed by atoms with Crippen LogP contribution in [0.3, 0.4) is 0 Å². The van der Waals surface area contributed by atoms with Gasteiger partial charge in [0.25, 0.3) is 11.8 Å². The minimum atomic E-state index is -1.60. The molecule has 0 aliphatic carbocycles. The maximum atomic E-state index is 12.2. The molecule has 2 atom stereocenters. The number of carbonyl (C=O) groups excluding carboxylic acids is 3. The highest BCUT2D eigenvalue weighted by molar-refractivity contribution is 6.21. The lowest BCUT2D eigenvalue weighted by Crippen LogP contribution is -2.57. The van der Waals surface area contributed by atoms with Crippen molar-refractivity contribution in [3.8, 4) is 0 Å². The Morgan fingerprint density at radius 2 is 1.60 bits per heavy atom. The number of piperidine rings is 1. The molecule has 7 nitrogen and oxygen atoms in total. The SMILES string of the molecule is O=C1CCC(N2C(=O)c3ccccc3C2=O)C(O)N1O. The van der Waals surface area contributed by atoms with Gasteiger partial charge in [-0.05, 0) is 18.6 Å². The Labute approximate surface area is 114 Å². The van der Waals surface area contributed by atoms with Crippen molar-refractivity contribution < 1.29 is 24.7 Å². The Hall–Kier alpha value is -2.25. The van der Waals surface area contributed by atoms with Gasteiger partial charge in [-0.1, -0.05) is 12.1 Å². The largest absolute Gasteiger partial charge is 0.369 e. The van der Waals surface area contributed by atoms with Gasteiger partial charge in [0.15, 0.2) is 6.23 Å². The molecule has 3 rings (SSSR count). The average molecular weight is 276 g/mol. The van der Waals surface area contributed by atoms with E-state index in [1.54, 1.807) is 12.1 Å². The Morgan fingerprint density at radius 1 is 1.05 bits per heavy atom. The fraction of sp³-hybridized carbons (Fsp3) is 0.308. The first-order chi connectivity index (χ1) is 9.52. The van der Waals surface area contributed by atoms with Crippen LogP contribution in [0.2, 0.25) is 0 Å². The summed E-state index contributed by atoms with van der Waals surface area (Å²) in [6, 6.07) is 5.42. The number of benzene rings is 1. The van der Waals surface area contributed by atoms with Crippen LogP contribution in [-0.4, -0.2) is 50.3 Å². The summed E-state index contributed by atoms with van der Waals surface area (Å²) in [5, 5.41) is 19.5. The van der Waals surface area contributed by atoms with Gasteiger partial charge < -0.3 is 5.11 Å². The predicted octanol–water partition coefficient (Wildman–Crippen LogP) is -0.0188. The van der Waals surface area contributed by atoms with Gasteiger partial charge >= 0.3 is 0 Å². The van der Waals surface area contributed by atoms with Gasteiger partial charge in [-0.15, -0.1) is 0 Å². The zero-order valence-corrected chi connectivity index (χ0v) is 10.4. The molecule has 0 bridgehead atoms. The third kappa shape index (κ3) is 1.64. The fourth-order valence-electron chi connectivity index (χ4n) is 2.62. The fourth-order valence-corrected chi connectivity index (χ4v) is 2.62. The number of rotatable bonds is 1. The van der Waals surface area contributed by atoms with Crippen LogP contribution in [0.15, 0.2) is 24.3 Å². The molecule has 0 saturated carbocycles. The molecule has 20 heavy (non-hydrogen) atoms. The monoisotopic (exact) mass is 276 g/mol. The number of hydroxylamine groups is 2. The van der Waals surface area contributed by atoms with E-state index in [0.717, 1.165) is 4.90 Å². The van der Waals surface area contributed by atoms with E-state index in [-0.39, 0.29) is 29.0 Å². The third-order valence-electron chi connectivity index (χ3n) is 3.66. The summed E-state index contributed by atoms with van der Waals surface area (Å²) in [4.78, 5) is 36.7. The molecule has 2 heterocycles. The van der Waals surface area contributed by atoms with Crippen LogP contribution in [0.5, 0.6) is 0 Å². The molecule has 0 radical (unpaired) electrons. The number of aliphatic hydroxyl groups excluding tert-OH is 1. The van der Waals surface area contributed by atoms with Crippen molar-refractivity contribution in [2.45, 2.75) is 25.1 Å². The maximum absolute atomic E-state index is 12.2. The highest BCUT2D eigenvalue weighted by Crippen LogP contribution is 2.29. The van der Waals surface area contributed by atoms with E-state index in [0.29, 0.717) is 0 Å². The van der Waals surface area contributed by atoms with E-state index >= 15 is 0 Å². The number of imide groups is 1. The predicted molar refractivity (Wildman–Crippen MR) is 64.6 cm³/mol. The minimum absolute atomic E-state index is 0.0361. The van der Waals surface area contributed by atoms with Crippen LogP contribution in [0, 0.1) is 0 Å². The first-order valence-corrected chi connectivity index (χ1v) is 6.18. The molecule has 2 N–H and O–H groups in total. The molecule has 2 aliphatic heterocycles. The van der Waals surface area contributed by atoms with Crippen LogP contribution in [0.4, 0.5) is 0 Å².